The van der Waals surface area contributed by atoms with Crippen LogP contribution in [0.2, 0.25) is 0 Å². The van der Waals surface area contributed by atoms with Crippen LogP contribution in [0.4, 0.5) is 0 Å². The maximum absolute atomic E-state index is 3.91. The van der Waals surface area contributed by atoms with Gasteiger partial charge < -0.3 is 0 Å². The van der Waals surface area contributed by atoms with E-state index < -0.39 is 0 Å². The van der Waals surface area contributed by atoms with E-state index in [1.165, 1.54) is 0 Å². The van der Waals surface area contributed by atoms with Crippen molar-refractivity contribution in [2.24, 2.45) is 0 Å². The van der Waals surface area contributed by atoms with Crippen LogP contribution in [-0.2, 0) is 0 Å². The molecule has 0 aliphatic rings. The minimum atomic E-state index is 0.830. The second kappa shape index (κ2) is 2.15. The Morgan fingerprint density at radius 2 is 2.40 bits per heavy atom. The number of fused-ring (bicyclic) bond motifs is 1. The van der Waals surface area contributed by atoms with Gasteiger partial charge in [-0.3, -0.25) is 4.98 Å². The van der Waals surface area contributed by atoms with Crippen molar-refractivity contribution in [3.8, 4) is 0 Å². The van der Waals surface area contributed by atoms with Crippen molar-refractivity contribution in [2.75, 3.05) is 0 Å². The van der Waals surface area contributed by atoms with Crippen molar-refractivity contribution in [3.05, 3.63) is 18.5 Å². The second-order valence-corrected chi connectivity index (χ2v) is 2.73. The highest BCUT2D eigenvalue weighted by Gasteiger charge is 1.98. The van der Waals surface area contributed by atoms with E-state index >= 15 is 0 Å². The number of aromatic nitrogens is 4. The summed E-state index contributed by atoms with van der Waals surface area (Å²) < 4.78 is 1.69. The van der Waals surface area contributed by atoms with Gasteiger partial charge in [0.15, 0.2) is 0 Å². The van der Waals surface area contributed by atoms with E-state index in [9.17, 15) is 0 Å². The molecule has 50 valence electrons. The zero-order valence-electron chi connectivity index (χ0n) is 4.90. The molecule has 2 rings (SSSR count). The summed E-state index contributed by atoms with van der Waals surface area (Å²) in [6, 6.07) is 1.88. The van der Waals surface area contributed by atoms with Gasteiger partial charge in [-0.05, 0) is 6.07 Å². The summed E-state index contributed by atoms with van der Waals surface area (Å²) in [6.07, 6.45) is 3.42. The Labute approximate surface area is 70.7 Å². The molecule has 0 aromatic carbocycles. The first kappa shape index (κ1) is 6.02. The molecule has 0 N–H and O–H groups in total. The normalized spacial score (nSPS) is 10.5. The van der Waals surface area contributed by atoms with Crippen LogP contribution in [-0.4, -0.2) is 18.2 Å². The van der Waals surface area contributed by atoms with E-state index in [-0.39, 0.29) is 0 Å². The molecule has 0 saturated carbocycles. The molecule has 0 radical (unpaired) electrons. The molecule has 2 aromatic rings. The minimum Gasteiger partial charge on any atom is -0.262 e. The summed E-state index contributed by atoms with van der Waals surface area (Å²) >= 11 is 2.07. The van der Waals surface area contributed by atoms with E-state index in [1.807, 2.05) is 6.07 Å². The molecule has 2 aromatic heterocycles. The summed E-state index contributed by atoms with van der Waals surface area (Å²) in [7, 11) is 0. The van der Waals surface area contributed by atoms with Gasteiger partial charge in [0.25, 0.3) is 0 Å². The minimum absolute atomic E-state index is 0.830. The summed E-state index contributed by atoms with van der Waals surface area (Å²) in [5, 5.41) is 7.67. The zero-order chi connectivity index (χ0) is 6.97. The van der Waals surface area contributed by atoms with Crippen molar-refractivity contribution >= 4 is 33.9 Å². The number of hydrogen-bond donors (Lipinski definition) is 0. The van der Waals surface area contributed by atoms with E-state index in [4.69, 9.17) is 0 Å². The fourth-order valence-corrected chi connectivity index (χ4v) is 1.25. The molecule has 0 amide bonds. The van der Waals surface area contributed by atoms with Crippen LogP contribution >= 0.6 is 22.9 Å². The van der Waals surface area contributed by atoms with Crippen molar-refractivity contribution in [1.82, 2.24) is 18.2 Å². The van der Waals surface area contributed by atoms with E-state index in [0.29, 0.717) is 0 Å². The molecule has 5 heteroatoms. The van der Waals surface area contributed by atoms with Gasteiger partial charge in [-0.25, -0.2) is 0 Å². The lowest BCUT2D eigenvalue weighted by molar-refractivity contribution is 0.938. The highest BCUT2D eigenvalue weighted by Crippen LogP contribution is 2.09. The average molecular weight is 246 g/mol. The van der Waals surface area contributed by atoms with Crippen LogP contribution in [0.1, 0.15) is 0 Å². The van der Waals surface area contributed by atoms with E-state index in [1.54, 1.807) is 15.3 Å². The second-order valence-electron chi connectivity index (χ2n) is 1.81. The molecule has 2 heterocycles. The maximum atomic E-state index is 3.91. The highest BCUT2D eigenvalue weighted by atomic mass is 127. The topological polar surface area (TPSA) is 43.6 Å². The van der Waals surface area contributed by atoms with Crippen LogP contribution in [0.25, 0.3) is 11.0 Å². The molecule has 0 fully saturated rings. The molecule has 0 atom stereocenters. The number of rotatable bonds is 0. The Kier molecular flexibility index (Phi) is 1.30. The van der Waals surface area contributed by atoms with Gasteiger partial charge in [0.1, 0.15) is 11.0 Å². The lowest BCUT2D eigenvalue weighted by Gasteiger charge is -1.84. The lowest BCUT2D eigenvalue weighted by atomic mass is 10.4. The quantitative estimate of drug-likeness (QED) is 0.652. The first-order chi connectivity index (χ1) is 4.88. The molecular formula is C5H3IN4. The Hall–Kier alpha value is -0.720. The zero-order valence-corrected chi connectivity index (χ0v) is 7.06. The van der Waals surface area contributed by atoms with Gasteiger partial charge in [-0.1, -0.05) is 5.21 Å². The smallest absolute Gasteiger partial charge is 0.132 e. The van der Waals surface area contributed by atoms with Crippen molar-refractivity contribution in [2.45, 2.75) is 0 Å². The first-order valence-corrected chi connectivity index (χ1v) is 3.66. The summed E-state index contributed by atoms with van der Waals surface area (Å²) in [5.41, 5.74) is 1.83. The van der Waals surface area contributed by atoms with Crippen LogP contribution in [0.5, 0.6) is 0 Å². The lowest BCUT2D eigenvalue weighted by Crippen LogP contribution is -1.79. The summed E-state index contributed by atoms with van der Waals surface area (Å²) in [4.78, 5) is 3.91. The Bertz CT molecular complexity index is 355. The molecule has 0 spiro atoms. The third-order valence-electron chi connectivity index (χ3n) is 1.21. The SMILES string of the molecule is In1nnc2cnccc21. The number of halogens is 1. The summed E-state index contributed by atoms with van der Waals surface area (Å²) in [5.74, 6) is 0. The van der Waals surface area contributed by atoms with Crippen LogP contribution < -0.4 is 0 Å². The van der Waals surface area contributed by atoms with Crippen molar-refractivity contribution in [3.63, 3.8) is 0 Å². The van der Waals surface area contributed by atoms with Gasteiger partial charge in [0.2, 0.25) is 0 Å². The molecule has 0 saturated heterocycles. The molecule has 10 heavy (non-hydrogen) atoms. The number of pyridine rings is 1. The number of nitrogens with zero attached hydrogens (tertiary/aromatic N) is 4. The molecule has 4 nitrogen and oxygen atoms in total. The molecule has 0 unspecified atom stereocenters. The van der Waals surface area contributed by atoms with Gasteiger partial charge in [-0.2, -0.15) is 2.90 Å². The monoisotopic (exact) mass is 246 g/mol. The van der Waals surface area contributed by atoms with E-state index in [2.05, 4.69) is 38.2 Å². The van der Waals surface area contributed by atoms with Crippen LogP contribution in [0.15, 0.2) is 18.5 Å². The Morgan fingerprint density at radius 3 is 3.20 bits per heavy atom. The van der Waals surface area contributed by atoms with Gasteiger partial charge in [-0.15, -0.1) is 5.10 Å². The van der Waals surface area contributed by atoms with Crippen molar-refractivity contribution < 1.29 is 0 Å². The van der Waals surface area contributed by atoms with Crippen molar-refractivity contribution in [1.29, 1.82) is 0 Å². The van der Waals surface area contributed by atoms with Gasteiger partial charge in [0, 0.05) is 6.20 Å². The third-order valence-corrected chi connectivity index (χ3v) is 1.92. The predicted molar refractivity (Wildman–Crippen MR) is 44.7 cm³/mol. The fraction of sp³-hybridized carbons (Fsp3) is 0. The first-order valence-electron chi connectivity index (χ1n) is 2.69. The van der Waals surface area contributed by atoms with Gasteiger partial charge in [0.05, 0.1) is 29.1 Å². The largest absolute Gasteiger partial charge is 0.262 e. The molecule has 0 bridgehead atoms. The van der Waals surface area contributed by atoms with Crippen LogP contribution in [0.3, 0.4) is 0 Å². The third kappa shape index (κ3) is 0.772. The Morgan fingerprint density at radius 1 is 1.50 bits per heavy atom. The summed E-state index contributed by atoms with van der Waals surface area (Å²) in [6.45, 7) is 0. The molecule has 0 aliphatic heterocycles. The Balaban J connectivity index is 2.93. The van der Waals surface area contributed by atoms with E-state index in [0.717, 1.165) is 11.0 Å². The highest BCUT2D eigenvalue weighted by molar-refractivity contribution is 14.1. The van der Waals surface area contributed by atoms with Crippen LogP contribution in [0, 0.1) is 0 Å². The number of hydrogen-bond acceptors (Lipinski definition) is 3. The van der Waals surface area contributed by atoms with Gasteiger partial charge >= 0.3 is 0 Å². The molecular weight excluding hydrogens is 243 g/mol. The fourth-order valence-electron chi connectivity index (χ4n) is 0.747. The average Bonchev–Trinajstić information content (AvgIpc) is 2.34. The maximum Gasteiger partial charge on any atom is 0.132 e. The standard InChI is InChI=1S/C5H3IN4/c6-10-5-1-2-7-3-4(5)8-9-10/h1-3H. The predicted octanol–water partition coefficient (Wildman–Crippen LogP) is 1.02. The molecule has 0 aliphatic carbocycles.